The third kappa shape index (κ3) is 18.9. The Morgan fingerprint density at radius 1 is 0.153 bits per heavy atom. The van der Waals surface area contributed by atoms with Crippen LogP contribution in [-0.2, 0) is 90.0 Å². The zero-order valence-corrected chi connectivity index (χ0v) is 58.0. The SMILES string of the molecule is OC[C@H]1O[C@@H](OC[C@H]2O[C@@H](O[C@@H]3[C@@H](O)[C@H](O[C@@H]4[C@@H](O)[C@H](O[C@@H]5[C@@H](O)[C@H](O[C@@H]6[C@@H](O)[C@H](O[C@@H]7[C@@H](O)[C@H](O[C@H]8[C@H](O)[C@@H](CO)OC(O)[C@@H]8O)O[C@H](CO)[C@H]7O)O[C@H](CO)[C@H]6O)O[C@H](CO)[C@H]5O)O[C@H](CO)[C@H]4O)O[C@H](CO)[C@H]3O)[C@H](O)[C@@H](O[C@@H]3O[C@H](CO)[C@@H](O)[C@H](O[C@@H]4O[C@H](CO)[C@@H](O)[C@H](O)[C@H]4O)[C@H]3O)[C@@H]2O)[C@H](O)[C@@H](O)[C@@H]1O. The normalized spacial score (nSPS) is 53.7. The van der Waals surface area contributed by atoms with Crippen LogP contribution in [0.3, 0.4) is 0 Å². The maximum atomic E-state index is 12.1. The zero-order chi connectivity index (χ0) is 81.4. The van der Waals surface area contributed by atoms with Gasteiger partial charge in [0.05, 0.1) is 66.1 Å². The van der Waals surface area contributed by atoms with E-state index < -0.39 is 373 Å². The molecule has 0 aromatic rings. The Bertz CT molecular complexity index is 2790. The molecule has 10 heterocycles. The molecule has 0 radical (unpaired) electrons. The van der Waals surface area contributed by atoms with E-state index in [1.54, 1.807) is 0 Å². The number of aliphatic hydroxyl groups excluding tert-OH is 32. The standard InChI is InChI=1S/C60H102O51/c61-1-11-21(70)31(80)33(82)52(95-11)93-10-20-30(79)50(111-59-36(85)44(24(73)14(4-64)102-59)105-53-34(83)32(81)22(71)12(2-62)96-53)42(91)60(103-20)110-49-29(78)19(9-69)101-58(41(49)90)109-48-28(77)18(8-68)100-57(40(48)89)108-47-27(76)17(7-67)99-56(39(47)88)107-46-26(75)16(6-66)98-55(38(46)87)106-45-25(74)15(5-65)97-54(37(45)86)104-43-23(72)13(3-63)94-51(92)35(43)84/h11-92H,1-10H2/t11-,12-,13-,14-,15-,16-,17-,18-,19-,20-,21-,22-,23-,24-,25-,26-,27-,28-,29-,30-,31+,32+,33-,34-,35-,36-,37-,38-,39-,40-,41-,42-,43+,44+,45+,46+,47+,48+,49+,50+,51?,52-,53+,54+,55+,56+,57+,58+,59+,60+/m1/s1. The van der Waals surface area contributed by atoms with Gasteiger partial charge in [0.1, 0.15) is 244 Å². The number of hydrogen-bond acceptors (Lipinski definition) is 51. The fraction of sp³-hybridized carbons (Fsp3) is 1.00. The minimum Gasteiger partial charge on any atom is -0.394 e. The van der Waals surface area contributed by atoms with Crippen LogP contribution >= 0.6 is 0 Å². The summed E-state index contributed by atoms with van der Waals surface area (Å²) in [7, 11) is 0. The van der Waals surface area contributed by atoms with Crippen molar-refractivity contribution in [2.75, 3.05) is 66.1 Å². The minimum absolute atomic E-state index is 0.920. The lowest BCUT2D eigenvalue weighted by Crippen LogP contribution is -2.69. The second-order valence-electron chi connectivity index (χ2n) is 28.0. The maximum absolute atomic E-state index is 12.1. The van der Waals surface area contributed by atoms with Crippen molar-refractivity contribution in [2.24, 2.45) is 0 Å². The Balaban J connectivity index is 0.857. The van der Waals surface area contributed by atoms with E-state index in [4.69, 9.17) is 90.0 Å². The van der Waals surface area contributed by atoms with Crippen molar-refractivity contribution in [3.8, 4) is 0 Å². The van der Waals surface area contributed by atoms with Crippen LogP contribution in [0.2, 0.25) is 0 Å². The first kappa shape index (κ1) is 91.3. The first-order chi connectivity index (χ1) is 52.7. The van der Waals surface area contributed by atoms with Crippen molar-refractivity contribution in [3.05, 3.63) is 0 Å². The predicted octanol–water partition coefficient (Wildman–Crippen LogP) is -22.8. The number of hydrogen-bond donors (Lipinski definition) is 32. The van der Waals surface area contributed by atoms with Crippen molar-refractivity contribution < 1.29 is 253 Å². The molecule has 10 rings (SSSR count). The average molecular weight is 1640 g/mol. The van der Waals surface area contributed by atoms with Crippen molar-refractivity contribution in [1.29, 1.82) is 0 Å². The van der Waals surface area contributed by atoms with E-state index in [0.717, 1.165) is 0 Å². The van der Waals surface area contributed by atoms with Gasteiger partial charge in [-0.15, -0.1) is 0 Å². The molecule has 0 aromatic heterocycles. The second-order valence-corrected chi connectivity index (χ2v) is 28.0. The fourth-order valence-electron chi connectivity index (χ4n) is 14.3. The van der Waals surface area contributed by atoms with E-state index >= 15 is 0 Å². The highest BCUT2D eigenvalue weighted by Crippen LogP contribution is 2.41. The number of aliphatic hydroxyl groups is 32. The first-order valence-electron chi connectivity index (χ1n) is 35.2. The molecular weight excluding hydrogens is 1540 g/mol. The highest BCUT2D eigenvalue weighted by atomic mass is 16.8. The topological polar surface area (TPSA) is 823 Å². The Labute approximate surface area is 625 Å². The summed E-state index contributed by atoms with van der Waals surface area (Å²) in [5.74, 6) is 0. The molecule has 0 aromatic carbocycles. The molecule has 111 heavy (non-hydrogen) atoms. The van der Waals surface area contributed by atoms with Crippen LogP contribution in [0, 0.1) is 0 Å². The van der Waals surface area contributed by atoms with Gasteiger partial charge in [-0.1, -0.05) is 0 Å². The third-order valence-electron chi connectivity index (χ3n) is 20.9. The Kier molecular flexibility index (Phi) is 32.4. The van der Waals surface area contributed by atoms with E-state index in [2.05, 4.69) is 0 Å². The van der Waals surface area contributed by atoms with Crippen molar-refractivity contribution >= 4 is 0 Å². The summed E-state index contributed by atoms with van der Waals surface area (Å²) in [6, 6.07) is 0. The van der Waals surface area contributed by atoms with Crippen LogP contribution in [0.15, 0.2) is 0 Å². The number of ether oxygens (including phenoxy) is 19. The van der Waals surface area contributed by atoms with E-state index in [9.17, 15) is 163 Å². The summed E-state index contributed by atoms with van der Waals surface area (Å²) < 4.78 is 107. The maximum Gasteiger partial charge on any atom is 0.187 e. The summed E-state index contributed by atoms with van der Waals surface area (Å²) in [4.78, 5) is 0. The lowest BCUT2D eigenvalue weighted by Gasteiger charge is -2.50. The summed E-state index contributed by atoms with van der Waals surface area (Å²) in [5.41, 5.74) is 0. The van der Waals surface area contributed by atoms with Gasteiger partial charge in [-0.25, -0.2) is 0 Å². The van der Waals surface area contributed by atoms with Crippen LogP contribution in [-0.4, -0.2) is 537 Å². The van der Waals surface area contributed by atoms with Crippen LogP contribution in [0.4, 0.5) is 0 Å². The molecule has 10 saturated heterocycles. The van der Waals surface area contributed by atoms with Gasteiger partial charge < -0.3 is 253 Å². The molecule has 50 atom stereocenters. The minimum atomic E-state index is -2.52. The summed E-state index contributed by atoms with van der Waals surface area (Å²) in [5, 5.41) is 350. The van der Waals surface area contributed by atoms with Crippen LogP contribution < -0.4 is 0 Å². The van der Waals surface area contributed by atoms with Gasteiger partial charge >= 0.3 is 0 Å². The lowest BCUT2D eigenvalue weighted by molar-refractivity contribution is -0.403. The van der Waals surface area contributed by atoms with Gasteiger partial charge in [0, 0.05) is 0 Å². The van der Waals surface area contributed by atoms with Crippen molar-refractivity contribution in [1.82, 2.24) is 0 Å². The second kappa shape index (κ2) is 39.4. The zero-order valence-electron chi connectivity index (χ0n) is 58.0. The molecule has 10 fully saturated rings. The number of rotatable bonds is 28. The van der Waals surface area contributed by atoms with E-state index in [-0.39, 0.29) is 0 Å². The molecule has 51 heteroatoms. The molecule has 648 valence electrons. The summed E-state index contributed by atoms with van der Waals surface area (Å²) >= 11 is 0. The summed E-state index contributed by atoms with van der Waals surface area (Å²) in [6.45, 7) is -10.8. The molecule has 0 aliphatic carbocycles. The highest BCUT2D eigenvalue weighted by molar-refractivity contribution is 5.03. The molecule has 0 spiro atoms. The Morgan fingerprint density at radius 3 is 0.541 bits per heavy atom. The van der Waals surface area contributed by atoms with Gasteiger partial charge in [-0.2, -0.15) is 0 Å². The molecule has 0 saturated carbocycles. The van der Waals surface area contributed by atoms with Gasteiger partial charge in [-0.05, 0) is 0 Å². The smallest absolute Gasteiger partial charge is 0.187 e. The molecular formula is C60H102O51. The molecule has 32 N–H and O–H groups in total. The largest absolute Gasteiger partial charge is 0.394 e. The Morgan fingerprint density at radius 2 is 0.315 bits per heavy atom. The molecule has 51 nitrogen and oxygen atoms in total. The summed E-state index contributed by atoms with van der Waals surface area (Å²) in [6.07, 6.45) is -107. The van der Waals surface area contributed by atoms with Crippen LogP contribution in [0.25, 0.3) is 0 Å². The molecule has 1 unspecified atom stereocenters. The average Bonchev–Trinajstić information content (AvgIpc) is 0.769. The monoisotopic (exact) mass is 1640 g/mol. The predicted molar refractivity (Wildman–Crippen MR) is 330 cm³/mol. The van der Waals surface area contributed by atoms with Crippen molar-refractivity contribution in [3.63, 3.8) is 0 Å². The first-order valence-corrected chi connectivity index (χ1v) is 35.2. The molecule has 10 aliphatic rings. The van der Waals surface area contributed by atoms with Gasteiger partial charge in [0.25, 0.3) is 0 Å². The fourth-order valence-corrected chi connectivity index (χ4v) is 14.3. The quantitative estimate of drug-likeness (QED) is 0.0346. The van der Waals surface area contributed by atoms with Crippen LogP contribution in [0.5, 0.6) is 0 Å². The van der Waals surface area contributed by atoms with Crippen molar-refractivity contribution in [2.45, 2.75) is 307 Å². The highest BCUT2D eigenvalue weighted by Gasteiger charge is 2.61. The van der Waals surface area contributed by atoms with E-state index in [0.29, 0.717) is 0 Å². The van der Waals surface area contributed by atoms with E-state index in [1.807, 2.05) is 0 Å². The molecule has 0 amide bonds. The third-order valence-corrected chi connectivity index (χ3v) is 20.9. The van der Waals surface area contributed by atoms with E-state index in [1.165, 1.54) is 0 Å². The van der Waals surface area contributed by atoms with Gasteiger partial charge in [0.2, 0.25) is 0 Å². The molecule has 10 aliphatic heterocycles. The van der Waals surface area contributed by atoms with Gasteiger partial charge in [0.15, 0.2) is 62.9 Å². The van der Waals surface area contributed by atoms with Gasteiger partial charge in [-0.3, -0.25) is 0 Å². The lowest BCUT2D eigenvalue weighted by atomic mass is 9.95. The Hall–Kier alpha value is -2.04. The van der Waals surface area contributed by atoms with Crippen LogP contribution in [0.1, 0.15) is 0 Å². The molecule has 0 bridgehead atoms.